The lowest BCUT2D eigenvalue weighted by Gasteiger charge is -2.17. The van der Waals surface area contributed by atoms with Gasteiger partial charge in [0.15, 0.2) is 11.5 Å². The SMILES string of the molecule is CCCCN(C)C(=O)CNCc1ccc2c(c1)OCO2. The minimum absolute atomic E-state index is 0.124. The van der Waals surface area contributed by atoms with Crippen LogP contribution in [0.25, 0.3) is 0 Å². The predicted molar refractivity (Wildman–Crippen MR) is 76.8 cm³/mol. The van der Waals surface area contributed by atoms with Gasteiger partial charge < -0.3 is 19.7 Å². The summed E-state index contributed by atoms with van der Waals surface area (Å²) < 4.78 is 10.6. The number of unbranched alkanes of at least 4 members (excludes halogenated alkanes) is 1. The standard InChI is InChI=1S/C15H22N2O3/c1-3-4-7-17(2)15(18)10-16-9-12-5-6-13-14(8-12)20-11-19-13/h5-6,8,16H,3-4,7,9-11H2,1-2H3. The summed E-state index contributed by atoms with van der Waals surface area (Å²) in [6, 6.07) is 5.82. The number of rotatable bonds is 7. The highest BCUT2D eigenvalue weighted by molar-refractivity contribution is 5.77. The number of hydrogen-bond acceptors (Lipinski definition) is 4. The molecule has 1 aliphatic heterocycles. The quantitative estimate of drug-likeness (QED) is 0.826. The zero-order chi connectivity index (χ0) is 14.4. The van der Waals surface area contributed by atoms with Crippen molar-refractivity contribution < 1.29 is 14.3 Å². The molecule has 0 bridgehead atoms. The Morgan fingerprint density at radius 2 is 2.15 bits per heavy atom. The van der Waals surface area contributed by atoms with Crippen molar-refractivity contribution in [3.63, 3.8) is 0 Å². The van der Waals surface area contributed by atoms with Gasteiger partial charge in [0.2, 0.25) is 12.7 Å². The van der Waals surface area contributed by atoms with Crippen molar-refractivity contribution >= 4 is 5.91 Å². The van der Waals surface area contributed by atoms with Gasteiger partial charge in [0.25, 0.3) is 0 Å². The Morgan fingerprint density at radius 1 is 1.35 bits per heavy atom. The van der Waals surface area contributed by atoms with E-state index in [1.165, 1.54) is 0 Å². The second-order valence-corrected chi connectivity index (χ2v) is 4.96. The third-order valence-electron chi connectivity index (χ3n) is 3.32. The summed E-state index contributed by atoms with van der Waals surface area (Å²) in [7, 11) is 1.85. The Bertz CT molecular complexity index is 462. The van der Waals surface area contributed by atoms with Crippen LogP contribution in [0, 0.1) is 0 Å². The molecule has 2 rings (SSSR count). The summed E-state index contributed by atoms with van der Waals surface area (Å²) >= 11 is 0. The summed E-state index contributed by atoms with van der Waals surface area (Å²) in [5.41, 5.74) is 1.08. The van der Waals surface area contributed by atoms with Crippen LogP contribution in [0.15, 0.2) is 18.2 Å². The number of amides is 1. The predicted octanol–water partition coefficient (Wildman–Crippen LogP) is 1.76. The maximum absolute atomic E-state index is 11.8. The first kappa shape index (κ1) is 14.7. The number of nitrogens with zero attached hydrogens (tertiary/aromatic N) is 1. The van der Waals surface area contributed by atoms with E-state index in [4.69, 9.17) is 9.47 Å². The molecule has 1 N–H and O–H groups in total. The number of fused-ring (bicyclic) bond motifs is 1. The molecular formula is C15H22N2O3. The van der Waals surface area contributed by atoms with Gasteiger partial charge >= 0.3 is 0 Å². The second-order valence-electron chi connectivity index (χ2n) is 4.96. The second kappa shape index (κ2) is 7.14. The van der Waals surface area contributed by atoms with Gasteiger partial charge in [-0.15, -0.1) is 0 Å². The van der Waals surface area contributed by atoms with Crippen molar-refractivity contribution in [2.24, 2.45) is 0 Å². The number of ether oxygens (including phenoxy) is 2. The van der Waals surface area contributed by atoms with Crippen LogP contribution in [0.4, 0.5) is 0 Å². The van der Waals surface area contributed by atoms with Gasteiger partial charge in [0, 0.05) is 20.1 Å². The number of nitrogens with one attached hydrogen (secondary N) is 1. The van der Waals surface area contributed by atoms with Crippen molar-refractivity contribution in [3.8, 4) is 11.5 Å². The fraction of sp³-hybridized carbons (Fsp3) is 0.533. The summed E-state index contributed by atoms with van der Waals surface area (Å²) in [5.74, 6) is 1.68. The molecule has 0 saturated carbocycles. The Labute approximate surface area is 119 Å². The Hall–Kier alpha value is -1.75. The fourth-order valence-electron chi connectivity index (χ4n) is 2.02. The van der Waals surface area contributed by atoms with Gasteiger partial charge in [-0.1, -0.05) is 19.4 Å². The molecule has 5 nitrogen and oxygen atoms in total. The molecular weight excluding hydrogens is 256 g/mol. The maximum atomic E-state index is 11.8. The summed E-state index contributed by atoms with van der Waals surface area (Å²) in [6.07, 6.45) is 2.15. The van der Waals surface area contributed by atoms with Gasteiger partial charge in [-0.3, -0.25) is 4.79 Å². The smallest absolute Gasteiger partial charge is 0.236 e. The molecule has 0 fully saturated rings. The van der Waals surface area contributed by atoms with E-state index in [2.05, 4.69) is 12.2 Å². The number of likely N-dealkylation sites (N-methyl/N-ethyl adjacent to an activating group) is 1. The Kier molecular flexibility index (Phi) is 5.24. The monoisotopic (exact) mass is 278 g/mol. The number of carbonyl (C=O) groups excluding carboxylic acids is 1. The molecule has 0 spiro atoms. The summed E-state index contributed by atoms with van der Waals surface area (Å²) in [4.78, 5) is 13.6. The van der Waals surface area contributed by atoms with Crippen LogP contribution in [-0.2, 0) is 11.3 Å². The molecule has 0 aliphatic carbocycles. The molecule has 0 atom stereocenters. The highest BCUT2D eigenvalue weighted by atomic mass is 16.7. The molecule has 0 radical (unpaired) electrons. The van der Waals surface area contributed by atoms with Crippen molar-refractivity contribution in [2.45, 2.75) is 26.3 Å². The zero-order valence-electron chi connectivity index (χ0n) is 12.1. The average molecular weight is 278 g/mol. The third kappa shape index (κ3) is 3.87. The normalized spacial score (nSPS) is 12.5. The largest absolute Gasteiger partial charge is 0.454 e. The molecule has 110 valence electrons. The number of carbonyl (C=O) groups is 1. The van der Waals surface area contributed by atoms with Crippen LogP contribution in [0.1, 0.15) is 25.3 Å². The first-order chi connectivity index (χ1) is 9.70. The molecule has 1 aromatic carbocycles. The topological polar surface area (TPSA) is 50.8 Å². The van der Waals surface area contributed by atoms with E-state index in [0.29, 0.717) is 13.1 Å². The maximum Gasteiger partial charge on any atom is 0.236 e. The fourth-order valence-corrected chi connectivity index (χ4v) is 2.02. The molecule has 0 aromatic heterocycles. The summed E-state index contributed by atoms with van der Waals surface area (Å²) in [6.45, 7) is 4.23. The first-order valence-electron chi connectivity index (χ1n) is 7.04. The van der Waals surface area contributed by atoms with Crippen LogP contribution in [0.5, 0.6) is 11.5 Å². The van der Waals surface area contributed by atoms with Gasteiger partial charge in [-0.05, 0) is 24.1 Å². The van der Waals surface area contributed by atoms with Gasteiger partial charge in [0.1, 0.15) is 0 Å². The number of benzene rings is 1. The van der Waals surface area contributed by atoms with E-state index in [1.807, 2.05) is 25.2 Å². The average Bonchev–Trinajstić information content (AvgIpc) is 2.92. The van der Waals surface area contributed by atoms with Crippen LogP contribution >= 0.6 is 0 Å². The lowest BCUT2D eigenvalue weighted by Crippen LogP contribution is -2.35. The molecule has 1 amide bonds. The van der Waals surface area contributed by atoms with Crippen molar-refractivity contribution in [3.05, 3.63) is 23.8 Å². The zero-order valence-corrected chi connectivity index (χ0v) is 12.1. The van der Waals surface area contributed by atoms with E-state index in [9.17, 15) is 4.79 Å². The van der Waals surface area contributed by atoms with Crippen molar-refractivity contribution in [1.82, 2.24) is 10.2 Å². The van der Waals surface area contributed by atoms with Gasteiger partial charge in [-0.2, -0.15) is 0 Å². The van der Waals surface area contributed by atoms with Crippen LogP contribution in [0.2, 0.25) is 0 Å². The van der Waals surface area contributed by atoms with Gasteiger partial charge in [-0.25, -0.2) is 0 Å². The van der Waals surface area contributed by atoms with Gasteiger partial charge in [0.05, 0.1) is 6.54 Å². The lowest BCUT2D eigenvalue weighted by atomic mass is 10.2. The molecule has 5 heteroatoms. The molecule has 1 aromatic rings. The van der Waals surface area contributed by atoms with Crippen LogP contribution in [-0.4, -0.2) is 37.7 Å². The molecule has 1 aliphatic rings. The number of hydrogen-bond donors (Lipinski definition) is 1. The third-order valence-corrected chi connectivity index (χ3v) is 3.32. The molecule has 20 heavy (non-hydrogen) atoms. The Balaban J connectivity index is 1.74. The lowest BCUT2D eigenvalue weighted by molar-refractivity contribution is -0.129. The molecule has 0 saturated heterocycles. The van der Waals surface area contributed by atoms with E-state index in [1.54, 1.807) is 4.90 Å². The van der Waals surface area contributed by atoms with E-state index in [-0.39, 0.29) is 12.7 Å². The van der Waals surface area contributed by atoms with Crippen LogP contribution < -0.4 is 14.8 Å². The summed E-state index contributed by atoms with van der Waals surface area (Å²) in [5, 5.41) is 3.16. The van der Waals surface area contributed by atoms with Crippen molar-refractivity contribution in [2.75, 3.05) is 26.9 Å². The minimum atomic E-state index is 0.124. The van der Waals surface area contributed by atoms with E-state index >= 15 is 0 Å². The van der Waals surface area contributed by atoms with Crippen LogP contribution in [0.3, 0.4) is 0 Å². The molecule has 1 heterocycles. The van der Waals surface area contributed by atoms with E-state index in [0.717, 1.165) is 36.4 Å². The molecule has 0 unspecified atom stereocenters. The van der Waals surface area contributed by atoms with E-state index < -0.39 is 0 Å². The first-order valence-corrected chi connectivity index (χ1v) is 7.04. The minimum Gasteiger partial charge on any atom is -0.454 e. The van der Waals surface area contributed by atoms with Crippen molar-refractivity contribution in [1.29, 1.82) is 0 Å². The Morgan fingerprint density at radius 3 is 2.95 bits per heavy atom. The highest BCUT2D eigenvalue weighted by Crippen LogP contribution is 2.32. The highest BCUT2D eigenvalue weighted by Gasteiger charge is 2.13.